The van der Waals surface area contributed by atoms with Crippen molar-refractivity contribution in [1.29, 1.82) is 0 Å². The Balaban J connectivity index is 1.47. The summed E-state index contributed by atoms with van der Waals surface area (Å²) in [7, 11) is 0. The molecule has 0 amide bonds. The Labute approximate surface area is 210 Å². The van der Waals surface area contributed by atoms with Crippen LogP contribution >= 0.6 is 0 Å². The summed E-state index contributed by atoms with van der Waals surface area (Å²) in [5, 5.41) is 3.37. The van der Waals surface area contributed by atoms with Gasteiger partial charge in [0.05, 0.1) is 12.2 Å². The van der Waals surface area contributed by atoms with Crippen LogP contribution < -0.4 is 10.2 Å². The number of carbonyl (C=O) groups is 1. The molecule has 1 saturated heterocycles. The predicted octanol–water partition coefficient (Wildman–Crippen LogP) is 5.45. The van der Waals surface area contributed by atoms with Gasteiger partial charge in [0.25, 0.3) is 0 Å². The maximum atomic E-state index is 13.6. The molecule has 8 heteroatoms. The highest BCUT2D eigenvalue weighted by atomic mass is 19.1. The minimum Gasteiger partial charge on any atom is -0.355 e. The van der Waals surface area contributed by atoms with E-state index in [1.54, 1.807) is 25.3 Å². The van der Waals surface area contributed by atoms with Crippen molar-refractivity contribution in [2.75, 3.05) is 23.3 Å². The summed E-state index contributed by atoms with van der Waals surface area (Å²) in [6.07, 6.45) is 5.30. The Hall–Kier alpha value is -4.07. The number of carbonyl (C=O) groups excluding carboxylic acids is 1. The van der Waals surface area contributed by atoms with Crippen LogP contribution in [0.5, 0.6) is 0 Å². The van der Waals surface area contributed by atoms with Gasteiger partial charge in [0, 0.05) is 30.8 Å². The standard InChI is InChI=1S/C28H29FN6O/c1-19(21-6-4-3-5-7-21)31-28-30-15-12-25(33-28)35-18-26(34-16-13-22(14-17-34)20(2)36)32-27(35)23-8-10-24(29)11-9-23/h3-12,15,18-19,22H,13-14,16-17H2,1-2H3,(H,30,31,33)/t19-/m0/s1. The number of Topliss-reactive ketones (excluding diaryl/α,β-unsaturated/α-hetero) is 1. The lowest BCUT2D eigenvalue weighted by Gasteiger charge is -2.30. The number of hydrogen-bond acceptors (Lipinski definition) is 6. The minimum atomic E-state index is -0.299. The van der Waals surface area contributed by atoms with Gasteiger partial charge >= 0.3 is 0 Å². The van der Waals surface area contributed by atoms with Gasteiger partial charge in [-0.1, -0.05) is 30.3 Å². The van der Waals surface area contributed by atoms with Gasteiger partial charge in [-0.2, -0.15) is 4.98 Å². The number of nitrogens with zero attached hydrogens (tertiary/aromatic N) is 5. The molecule has 2 aromatic heterocycles. The van der Waals surface area contributed by atoms with E-state index in [0.717, 1.165) is 42.9 Å². The van der Waals surface area contributed by atoms with Crippen LogP contribution in [0.25, 0.3) is 17.2 Å². The molecule has 4 aromatic rings. The van der Waals surface area contributed by atoms with E-state index in [9.17, 15) is 9.18 Å². The first-order chi connectivity index (χ1) is 17.5. The molecule has 0 bridgehead atoms. The maximum Gasteiger partial charge on any atom is 0.225 e. The van der Waals surface area contributed by atoms with Crippen LogP contribution in [-0.4, -0.2) is 38.4 Å². The molecule has 1 aliphatic heterocycles. The molecule has 3 heterocycles. The van der Waals surface area contributed by atoms with E-state index in [1.807, 2.05) is 35.0 Å². The summed E-state index contributed by atoms with van der Waals surface area (Å²) >= 11 is 0. The van der Waals surface area contributed by atoms with Crippen LogP contribution in [0.2, 0.25) is 0 Å². The molecule has 184 valence electrons. The van der Waals surface area contributed by atoms with Gasteiger partial charge in [0.1, 0.15) is 29.1 Å². The molecule has 2 aromatic carbocycles. The Bertz CT molecular complexity index is 1330. The number of imidazole rings is 1. The topological polar surface area (TPSA) is 75.9 Å². The molecule has 1 N–H and O–H groups in total. The van der Waals surface area contributed by atoms with Crippen LogP contribution in [0, 0.1) is 11.7 Å². The van der Waals surface area contributed by atoms with Gasteiger partial charge in [0.2, 0.25) is 5.95 Å². The normalized spacial score (nSPS) is 15.0. The zero-order chi connectivity index (χ0) is 25.1. The second kappa shape index (κ2) is 10.3. The Morgan fingerprint density at radius 3 is 2.42 bits per heavy atom. The van der Waals surface area contributed by atoms with Crippen molar-refractivity contribution in [2.24, 2.45) is 5.92 Å². The lowest BCUT2D eigenvalue weighted by molar-refractivity contribution is -0.121. The van der Waals surface area contributed by atoms with Gasteiger partial charge < -0.3 is 10.2 Å². The fourth-order valence-electron chi connectivity index (χ4n) is 4.58. The van der Waals surface area contributed by atoms with Crippen molar-refractivity contribution in [3.05, 3.63) is 84.4 Å². The molecule has 0 aliphatic carbocycles. The number of aromatic nitrogens is 4. The Morgan fingerprint density at radius 1 is 1.00 bits per heavy atom. The highest BCUT2D eigenvalue weighted by Crippen LogP contribution is 2.29. The number of halogens is 1. The average Bonchev–Trinajstić information content (AvgIpc) is 3.35. The summed E-state index contributed by atoms with van der Waals surface area (Å²) in [4.78, 5) is 28.1. The van der Waals surface area contributed by atoms with Crippen LogP contribution in [0.3, 0.4) is 0 Å². The quantitative estimate of drug-likeness (QED) is 0.376. The van der Waals surface area contributed by atoms with Gasteiger partial charge in [-0.3, -0.25) is 9.36 Å². The molecule has 7 nitrogen and oxygen atoms in total. The molecule has 1 fully saturated rings. The highest BCUT2D eigenvalue weighted by Gasteiger charge is 2.25. The Morgan fingerprint density at radius 2 is 1.72 bits per heavy atom. The van der Waals surface area contributed by atoms with Gasteiger partial charge in [-0.15, -0.1) is 0 Å². The van der Waals surface area contributed by atoms with Gasteiger partial charge in [-0.05, 0) is 62.6 Å². The van der Waals surface area contributed by atoms with Gasteiger partial charge in [-0.25, -0.2) is 14.4 Å². The number of benzene rings is 2. The number of ketones is 1. The van der Waals surface area contributed by atoms with Crippen LogP contribution in [0.4, 0.5) is 16.2 Å². The van der Waals surface area contributed by atoms with Crippen molar-refractivity contribution < 1.29 is 9.18 Å². The van der Waals surface area contributed by atoms with E-state index in [1.165, 1.54) is 12.1 Å². The first kappa shape index (κ1) is 23.7. The fraction of sp³-hybridized carbons (Fsp3) is 0.286. The third-order valence-electron chi connectivity index (χ3n) is 6.72. The van der Waals surface area contributed by atoms with Gasteiger partial charge in [0.15, 0.2) is 0 Å². The van der Waals surface area contributed by atoms with Crippen LogP contribution in [0.1, 0.15) is 38.3 Å². The molecule has 1 aliphatic rings. The third-order valence-corrected chi connectivity index (χ3v) is 6.72. The zero-order valence-corrected chi connectivity index (χ0v) is 20.4. The summed E-state index contributed by atoms with van der Waals surface area (Å²) in [5.74, 6) is 2.70. The number of anilines is 2. The second-order valence-corrected chi connectivity index (χ2v) is 9.19. The molecule has 0 saturated carbocycles. The maximum absolute atomic E-state index is 13.6. The highest BCUT2D eigenvalue weighted by molar-refractivity contribution is 5.78. The molecule has 1 atom stereocenters. The molecule has 5 rings (SSSR count). The lowest BCUT2D eigenvalue weighted by atomic mass is 9.93. The zero-order valence-electron chi connectivity index (χ0n) is 20.4. The van der Waals surface area contributed by atoms with E-state index in [4.69, 9.17) is 9.97 Å². The van der Waals surface area contributed by atoms with E-state index in [-0.39, 0.29) is 23.6 Å². The SMILES string of the molecule is CC(=O)C1CCN(c2cn(-c3ccnc(N[C@@H](C)c4ccccc4)n3)c(-c3ccc(F)cc3)n2)CC1. The van der Waals surface area contributed by atoms with E-state index in [2.05, 4.69) is 34.3 Å². The molecule has 0 radical (unpaired) electrons. The molecular weight excluding hydrogens is 455 g/mol. The summed E-state index contributed by atoms with van der Waals surface area (Å²) in [6, 6.07) is 18.3. The number of piperidine rings is 1. The van der Waals surface area contributed by atoms with Crippen molar-refractivity contribution >= 4 is 17.5 Å². The van der Waals surface area contributed by atoms with E-state index >= 15 is 0 Å². The third kappa shape index (κ3) is 5.12. The van der Waals surface area contributed by atoms with Crippen molar-refractivity contribution in [2.45, 2.75) is 32.7 Å². The summed E-state index contributed by atoms with van der Waals surface area (Å²) in [5.41, 5.74) is 1.92. The first-order valence-electron chi connectivity index (χ1n) is 12.2. The lowest BCUT2D eigenvalue weighted by Crippen LogP contribution is -2.35. The molecule has 0 unspecified atom stereocenters. The first-order valence-corrected chi connectivity index (χ1v) is 12.2. The van der Waals surface area contributed by atoms with Crippen molar-refractivity contribution in [1.82, 2.24) is 19.5 Å². The van der Waals surface area contributed by atoms with Crippen molar-refractivity contribution in [3.63, 3.8) is 0 Å². The fourth-order valence-corrected chi connectivity index (χ4v) is 4.58. The van der Waals surface area contributed by atoms with Crippen LogP contribution in [-0.2, 0) is 4.79 Å². The minimum absolute atomic E-state index is 0.0268. The van der Waals surface area contributed by atoms with E-state index in [0.29, 0.717) is 17.6 Å². The molecule has 0 spiro atoms. The number of rotatable bonds is 7. The molecular formula is C28H29FN6O. The van der Waals surface area contributed by atoms with E-state index < -0.39 is 0 Å². The van der Waals surface area contributed by atoms with Crippen LogP contribution in [0.15, 0.2) is 73.1 Å². The second-order valence-electron chi connectivity index (χ2n) is 9.19. The smallest absolute Gasteiger partial charge is 0.225 e. The van der Waals surface area contributed by atoms with Crippen molar-refractivity contribution in [3.8, 4) is 17.2 Å². The average molecular weight is 485 g/mol. The summed E-state index contributed by atoms with van der Waals surface area (Å²) in [6.45, 7) is 5.25. The largest absolute Gasteiger partial charge is 0.355 e. The number of hydrogen-bond donors (Lipinski definition) is 1. The number of nitrogens with one attached hydrogen (secondary N) is 1. The predicted molar refractivity (Wildman–Crippen MR) is 139 cm³/mol. The monoisotopic (exact) mass is 484 g/mol. The summed E-state index contributed by atoms with van der Waals surface area (Å²) < 4.78 is 15.6. The Kier molecular flexibility index (Phi) is 6.75. The molecule has 36 heavy (non-hydrogen) atoms.